The lowest BCUT2D eigenvalue weighted by Gasteiger charge is -2.18. The molecule has 1 aliphatic heterocycles. The van der Waals surface area contributed by atoms with E-state index in [2.05, 4.69) is 5.32 Å². The number of anilines is 1. The molecule has 1 aromatic carbocycles. The summed E-state index contributed by atoms with van der Waals surface area (Å²) in [6.45, 7) is 0.469. The molecule has 0 saturated heterocycles. The van der Waals surface area contributed by atoms with E-state index in [9.17, 15) is 9.18 Å². The van der Waals surface area contributed by atoms with Crippen molar-refractivity contribution in [2.45, 2.75) is 6.42 Å². The summed E-state index contributed by atoms with van der Waals surface area (Å²) in [4.78, 5) is 10.6. The van der Waals surface area contributed by atoms with Crippen LogP contribution in [0.4, 0.5) is 10.1 Å². The molecule has 2 N–H and O–H groups in total. The molecular weight excluding hydrogens is 197 g/mol. The topological polar surface area (TPSA) is 49.3 Å². The Labute approximate surface area is 86.2 Å². The fraction of sp³-hybridized carbons (Fsp3) is 0.182. The van der Waals surface area contributed by atoms with Gasteiger partial charge in [-0.25, -0.2) is 4.39 Å². The van der Waals surface area contributed by atoms with E-state index in [0.717, 1.165) is 0 Å². The quantitative estimate of drug-likeness (QED) is 0.780. The van der Waals surface area contributed by atoms with Crippen molar-refractivity contribution in [3.05, 3.63) is 35.7 Å². The van der Waals surface area contributed by atoms with Crippen LogP contribution in [0.25, 0.3) is 5.57 Å². The van der Waals surface area contributed by atoms with E-state index in [0.29, 0.717) is 23.4 Å². The third-order valence-electron chi connectivity index (χ3n) is 2.33. The number of carboxylic acids is 1. The van der Waals surface area contributed by atoms with Gasteiger partial charge in [-0.05, 0) is 11.6 Å². The number of benzene rings is 1. The first kappa shape index (κ1) is 9.71. The van der Waals surface area contributed by atoms with Crippen molar-refractivity contribution in [2.24, 2.45) is 0 Å². The van der Waals surface area contributed by atoms with Gasteiger partial charge in [-0.1, -0.05) is 18.2 Å². The van der Waals surface area contributed by atoms with Gasteiger partial charge in [-0.3, -0.25) is 4.79 Å². The largest absolute Gasteiger partial charge is 0.481 e. The highest BCUT2D eigenvalue weighted by atomic mass is 19.1. The highest BCUT2D eigenvalue weighted by molar-refractivity contribution is 5.89. The van der Waals surface area contributed by atoms with Crippen LogP contribution >= 0.6 is 0 Å². The number of halogens is 1. The zero-order chi connectivity index (χ0) is 10.8. The van der Waals surface area contributed by atoms with Crippen LogP contribution in [0, 0.1) is 5.82 Å². The number of fused-ring (bicyclic) bond motifs is 1. The molecule has 0 aliphatic carbocycles. The van der Waals surface area contributed by atoms with Gasteiger partial charge in [0.2, 0.25) is 0 Å². The van der Waals surface area contributed by atoms with E-state index in [1.165, 1.54) is 6.07 Å². The summed E-state index contributed by atoms with van der Waals surface area (Å²) >= 11 is 0. The van der Waals surface area contributed by atoms with Crippen LogP contribution in [0.1, 0.15) is 12.0 Å². The molecule has 0 aromatic heterocycles. The van der Waals surface area contributed by atoms with Crippen molar-refractivity contribution in [1.82, 2.24) is 0 Å². The first-order chi connectivity index (χ1) is 7.18. The first-order valence-corrected chi connectivity index (χ1v) is 4.62. The molecule has 1 aliphatic rings. The molecule has 4 heteroatoms. The maximum absolute atomic E-state index is 13.3. The zero-order valence-corrected chi connectivity index (χ0v) is 7.96. The van der Waals surface area contributed by atoms with E-state index in [-0.39, 0.29) is 12.2 Å². The number of carbonyl (C=O) groups is 1. The van der Waals surface area contributed by atoms with E-state index >= 15 is 0 Å². The lowest BCUT2D eigenvalue weighted by Crippen LogP contribution is -2.11. The number of carboxylic acid groups (broad SMARTS) is 1. The van der Waals surface area contributed by atoms with Crippen LogP contribution in [0.3, 0.4) is 0 Å². The Kier molecular flexibility index (Phi) is 2.41. The van der Waals surface area contributed by atoms with E-state index in [1.54, 1.807) is 18.2 Å². The average molecular weight is 207 g/mol. The van der Waals surface area contributed by atoms with Crippen LogP contribution in [0.15, 0.2) is 24.3 Å². The Bertz CT molecular complexity index is 440. The Balaban J connectivity index is 2.42. The van der Waals surface area contributed by atoms with Gasteiger partial charge in [0, 0.05) is 12.1 Å². The Hall–Kier alpha value is -1.84. The van der Waals surface area contributed by atoms with Crippen LogP contribution < -0.4 is 5.32 Å². The number of aliphatic carboxylic acids is 1. The predicted molar refractivity (Wildman–Crippen MR) is 55.1 cm³/mol. The smallest absolute Gasteiger partial charge is 0.307 e. The van der Waals surface area contributed by atoms with Gasteiger partial charge in [-0.2, -0.15) is 0 Å². The van der Waals surface area contributed by atoms with Gasteiger partial charge >= 0.3 is 5.97 Å². The summed E-state index contributed by atoms with van der Waals surface area (Å²) in [6, 6.07) is 4.66. The third kappa shape index (κ3) is 1.83. The van der Waals surface area contributed by atoms with Crippen LogP contribution in [0.5, 0.6) is 0 Å². The van der Waals surface area contributed by atoms with Crippen molar-refractivity contribution in [2.75, 3.05) is 11.9 Å². The van der Waals surface area contributed by atoms with Crippen LogP contribution in [-0.4, -0.2) is 17.6 Å². The molecule has 1 heterocycles. The molecule has 15 heavy (non-hydrogen) atoms. The molecule has 0 atom stereocenters. The maximum atomic E-state index is 13.3. The van der Waals surface area contributed by atoms with Crippen molar-refractivity contribution in [1.29, 1.82) is 0 Å². The third-order valence-corrected chi connectivity index (χ3v) is 2.33. The second kappa shape index (κ2) is 3.73. The molecule has 78 valence electrons. The standard InChI is InChI=1S/C11H10FNO2/c12-9-3-1-2-8-7(6-10(14)15)4-5-13-11(8)9/h1-4,13H,5-6H2,(H,14,15). The normalized spacial score (nSPS) is 13.8. The molecule has 0 radical (unpaired) electrons. The van der Waals surface area contributed by atoms with Gasteiger partial charge in [0.15, 0.2) is 0 Å². The fourth-order valence-corrected chi connectivity index (χ4v) is 1.69. The summed E-state index contributed by atoms with van der Waals surface area (Å²) in [5.41, 5.74) is 1.70. The lowest BCUT2D eigenvalue weighted by molar-refractivity contribution is -0.135. The summed E-state index contributed by atoms with van der Waals surface area (Å²) in [5, 5.41) is 11.6. The second-order valence-electron chi connectivity index (χ2n) is 3.34. The molecule has 0 amide bonds. The molecular formula is C11H10FNO2. The molecule has 0 unspecified atom stereocenters. The van der Waals surface area contributed by atoms with E-state index < -0.39 is 5.97 Å². The maximum Gasteiger partial charge on any atom is 0.307 e. The Morgan fingerprint density at radius 2 is 2.33 bits per heavy atom. The summed E-state index contributed by atoms with van der Waals surface area (Å²) in [7, 11) is 0. The number of hydrogen-bond donors (Lipinski definition) is 2. The van der Waals surface area contributed by atoms with E-state index in [4.69, 9.17) is 5.11 Å². The molecule has 0 saturated carbocycles. The number of nitrogens with one attached hydrogen (secondary N) is 1. The van der Waals surface area contributed by atoms with Gasteiger partial charge in [0.25, 0.3) is 0 Å². The van der Waals surface area contributed by atoms with Crippen molar-refractivity contribution in [3.8, 4) is 0 Å². The first-order valence-electron chi connectivity index (χ1n) is 4.62. The fourth-order valence-electron chi connectivity index (χ4n) is 1.69. The SMILES string of the molecule is O=C(O)CC1=CCNc2c(F)cccc21. The summed E-state index contributed by atoms with van der Waals surface area (Å²) < 4.78 is 13.3. The van der Waals surface area contributed by atoms with E-state index in [1.807, 2.05) is 0 Å². The molecule has 0 bridgehead atoms. The number of rotatable bonds is 2. The average Bonchev–Trinajstić information content (AvgIpc) is 2.19. The van der Waals surface area contributed by atoms with Gasteiger partial charge in [-0.15, -0.1) is 0 Å². The highest BCUT2D eigenvalue weighted by Crippen LogP contribution is 2.31. The van der Waals surface area contributed by atoms with Crippen molar-refractivity contribution < 1.29 is 14.3 Å². The number of hydrogen-bond acceptors (Lipinski definition) is 2. The molecule has 2 rings (SSSR count). The van der Waals surface area contributed by atoms with Gasteiger partial charge in [0.05, 0.1) is 12.1 Å². The Morgan fingerprint density at radius 3 is 3.07 bits per heavy atom. The highest BCUT2D eigenvalue weighted by Gasteiger charge is 2.16. The molecule has 3 nitrogen and oxygen atoms in total. The number of para-hydroxylation sites is 1. The Morgan fingerprint density at radius 1 is 1.53 bits per heavy atom. The van der Waals surface area contributed by atoms with Crippen molar-refractivity contribution in [3.63, 3.8) is 0 Å². The zero-order valence-electron chi connectivity index (χ0n) is 7.96. The lowest BCUT2D eigenvalue weighted by atomic mass is 9.97. The second-order valence-corrected chi connectivity index (χ2v) is 3.34. The van der Waals surface area contributed by atoms with Crippen molar-refractivity contribution >= 4 is 17.2 Å². The molecule has 0 spiro atoms. The van der Waals surface area contributed by atoms with Crippen LogP contribution in [-0.2, 0) is 4.79 Å². The molecule has 0 fully saturated rings. The van der Waals surface area contributed by atoms with Gasteiger partial charge in [0.1, 0.15) is 5.82 Å². The monoisotopic (exact) mass is 207 g/mol. The minimum atomic E-state index is -0.904. The minimum absolute atomic E-state index is 0.0713. The minimum Gasteiger partial charge on any atom is -0.481 e. The predicted octanol–water partition coefficient (Wildman–Crippen LogP) is 2.11. The summed E-state index contributed by atoms with van der Waals surface area (Å²) in [6.07, 6.45) is 1.70. The molecule has 1 aromatic rings. The van der Waals surface area contributed by atoms with Gasteiger partial charge < -0.3 is 10.4 Å². The van der Waals surface area contributed by atoms with Crippen LogP contribution in [0.2, 0.25) is 0 Å². The summed E-state index contributed by atoms with van der Waals surface area (Å²) in [5.74, 6) is -1.25.